The highest BCUT2D eigenvalue weighted by molar-refractivity contribution is 14.0. The van der Waals surface area contributed by atoms with Crippen molar-refractivity contribution in [3.05, 3.63) is 50.4 Å². The van der Waals surface area contributed by atoms with Gasteiger partial charge >= 0.3 is 0 Å². The van der Waals surface area contributed by atoms with Crippen LogP contribution < -0.4 is 10.6 Å². The standard InChI is InChI=1S/C15H19BrN4S.HI/c1-11-9-19-14(21-11)6-7-18-15(17-2)20-10-12-4-3-5-13(16)8-12;/h3-5,8-9H,6-7,10H2,1-2H3,(H2,17,18,20);1H. The van der Waals surface area contributed by atoms with E-state index >= 15 is 0 Å². The molecule has 0 atom stereocenters. The van der Waals surface area contributed by atoms with E-state index in [1.54, 1.807) is 18.4 Å². The van der Waals surface area contributed by atoms with Crippen LogP contribution in [0, 0.1) is 6.92 Å². The van der Waals surface area contributed by atoms with Crippen molar-refractivity contribution in [2.45, 2.75) is 19.9 Å². The van der Waals surface area contributed by atoms with Crippen molar-refractivity contribution in [2.75, 3.05) is 13.6 Å². The second-order valence-electron chi connectivity index (χ2n) is 4.60. The molecule has 0 amide bonds. The van der Waals surface area contributed by atoms with Crippen LogP contribution in [0.4, 0.5) is 0 Å². The molecular formula is C15H20BrIN4S. The molecule has 2 aromatic rings. The van der Waals surface area contributed by atoms with Crippen molar-refractivity contribution in [1.82, 2.24) is 15.6 Å². The Morgan fingerprint density at radius 2 is 2.18 bits per heavy atom. The first-order valence-corrected chi connectivity index (χ1v) is 8.38. The highest BCUT2D eigenvalue weighted by Crippen LogP contribution is 2.12. The lowest BCUT2D eigenvalue weighted by atomic mass is 10.2. The molecule has 1 aromatic carbocycles. The Hall–Kier alpha value is -0.670. The third kappa shape index (κ3) is 6.62. The molecule has 1 aromatic heterocycles. The molecule has 0 saturated heterocycles. The largest absolute Gasteiger partial charge is 0.356 e. The monoisotopic (exact) mass is 494 g/mol. The first-order valence-electron chi connectivity index (χ1n) is 6.77. The number of nitrogens with one attached hydrogen (secondary N) is 2. The lowest BCUT2D eigenvalue weighted by Gasteiger charge is -2.11. The van der Waals surface area contributed by atoms with E-state index in [2.05, 4.69) is 55.6 Å². The molecule has 0 aliphatic rings. The highest BCUT2D eigenvalue weighted by Gasteiger charge is 2.01. The topological polar surface area (TPSA) is 49.3 Å². The van der Waals surface area contributed by atoms with E-state index < -0.39 is 0 Å². The van der Waals surface area contributed by atoms with E-state index in [0.717, 1.165) is 35.0 Å². The van der Waals surface area contributed by atoms with Crippen LogP contribution in [-0.2, 0) is 13.0 Å². The lowest BCUT2D eigenvalue weighted by Crippen LogP contribution is -2.37. The summed E-state index contributed by atoms with van der Waals surface area (Å²) in [4.78, 5) is 9.83. The van der Waals surface area contributed by atoms with Crippen LogP contribution in [0.25, 0.3) is 0 Å². The van der Waals surface area contributed by atoms with Gasteiger partial charge in [-0.1, -0.05) is 28.1 Å². The van der Waals surface area contributed by atoms with Crippen molar-refractivity contribution in [3.8, 4) is 0 Å². The first-order chi connectivity index (χ1) is 10.2. The molecule has 0 saturated carbocycles. The molecule has 0 unspecified atom stereocenters. The molecule has 4 nitrogen and oxygen atoms in total. The van der Waals surface area contributed by atoms with E-state index in [0.29, 0.717) is 0 Å². The fourth-order valence-corrected chi connectivity index (χ4v) is 3.09. The number of aromatic nitrogens is 1. The molecule has 120 valence electrons. The minimum atomic E-state index is 0. The van der Waals surface area contributed by atoms with Crippen molar-refractivity contribution >= 4 is 57.2 Å². The Bertz CT molecular complexity index is 615. The molecule has 0 fully saturated rings. The molecule has 0 spiro atoms. The zero-order valence-corrected chi connectivity index (χ0v) is 17.3. The summed E-state index contributed by atoms with van der Waals surface area (Å²) in [5.41, 5.74) is 1.21. The van der Waals surface area contributed by atoms with Crippen molar-refractivity contribution in [1.29, 1.82) is 0 Å². The van der Waals surface area contributed by atoms with E-state index in [-0.39, 0.29) is 24.0 Å². The molecule has 0 aliphatic carbocycles. The smallest absolute Gasteiger partial charge is 0.191 e. The minimum absolute atomic E-state index is 0. The van der Waals surface area contributed by atoms with Crippen molar-refractivity contribution in [2.24, 2.45) is 4.99 Å². The van der Waals surface area contributed by atoms with Gasteiger partial charge in [-0.15, -0.1) is 35.3 Å². The van der Waals surface area contributed by atoms with Crippen LogP contribution in [0.15, 0.2) is 39.9 Å². The number of benzene rings is 1. The summed E-state index contributed by atoms with van der Waals surface area (Å²) < 4.78 is 1.09. The van der Waals surface area contributed by atoms with E-state index in [9.17, 15) is 0 Å². The number of halogens is 2. The van der Waals surface area contributed by atoms with Crippen LogP contribution in [-0.4, -0.2) is 24.5 Å². The van der Waals surface area contributed by atoms with Gasteiger partial charge in [-0.25, -0.2) is 4.98 Å². The average molecular weight is 495 g/mol. The van der Waals surface area contributed by atoms with Crippen molar-refractivity contribution in [3.63, 3.8) is 0 Å². The zero-order valence-electron chi connectivity index (χ0n) is 12.6. The van der Waals surface area contributed by atoms with Gasteiger partial charge in [0.1, 0.15) is 0 Å². The summed E-state index contributed by atoms with van der Waals surface area (Å²) >= 11 is 5.22. The number of rotatable bonds is 5. The van der Waals surface area contributed by atoms with Gasteiger partial charge in [-0.3, -0.25) is 4.99 Å². The van der Waals surface area contributed by atoms with E-state index in [1.165, 1.54) is 10.4 Å². The van der Waals surface area contributed by atoms with Crippen LogP contribution in [0.2, 0.25) is 0 Å². The maximum absolute atomic E-state index is 4.35. The summed E-state index contributed by atoms with van der Waals surface area (Å²) in [6.45, 7) is 3.65. The van der Waals surface area contributed by atoms with Gasteiger partial charge in [0.25, 0.3) is 0 Å². The maximum atomic E-state index is 4.35. The maximum Gasteiger partial charge on any atom is 0.191 e. The normalized spacial score (nSPS) is 11.0. The molecule has 2 rings (SSSR count). The van der Waals surface area contributed by atoms with Gasteiger partial charge in [-0.2, -0.15) is 0 Å². The molecule has 22 heavy (non-hydrogen) atoms. The summed E-state index contributed by atoms with van der Waals surface area (Å²) in [6, 6.07) is 8.23. The fourth-order valence-electron chi connectivity index (χ4n) is 1.86. The average Bonchev–Trinajstić information content (AvgIpc) is 2.88. The van der Waals surface area contributed by atoms with Gasteiger partial charge in [0.05, 0.1) is 5.01 Å². The molecule has 0 radical (unpaired) electrons. The summed E-state index contributed by atoms with van der Waals surface area (Å²) in [5.74, 6) is 0.809. The number of thiazole rings is 1. The fraction of sp³-hybridized carbons (Fsp3) is 0.333. The van der Waals surface area contributed by atoms with Gasteiger partial charge in [0.15, 0.2) is 5.96 Å². The molecular weight excluding hydrogens is 475 g/mol. The third-order valence-corrected chi connectivity index (χ3v) is 4.34. The molecule has 1 heterocycles. The molecule has 0 aliphatic heterocycles. The van der Waals surface area contributed by atoms with Crippen LogP contribution in [0.5, 0.6) is 0 Å². The predicted octanol–water partition coefficient (Wildman–Crippen LogP) is 3.74. The molecule has 0 bridgehead atoms. The Morgan fingerprint density at radius 3 is 2.82 bits per heavy atom. The van der Waals surface area contributed by atoms with E-state index in [1.807, 2.05) is 18.3 Å². The summed E-state index contributed by atoms with van der Waals surface area (Å²) in [6.07, 6.45) is 2.83. The van der Waals surface area contributed by atoms with Crippen LogP contribution >= 0.6 is 51.2 Å². The van der Waals surface area contributed by atoms with Gasteiger partial charge < -0.3 is 10.6 Å². The van der Waals surface area contributed by atoms with Crippen LogP contribution in [0.3, 0.4) is 0 Å². The quantitative estimate of drug-likeness (QED) is 0.378. The Labute approximate surface area is 161 Å². The second-order valence-corrected chi connectivity index (χ2v) is 6.83. The number of aryl methyl sites for hydroxylation is 1. The molecule has 7 heteroatoms. The number of hydrogen-bond donors (Lipinski definition) is 2. The first kappa shape index (κ1) is 19.4. The minimum Gasteiger partial charge on any atom is -0.356 e. The van der Waals surface area contributed by atoms with Gasteiger partial charge in [-0.05, 0) is 24.6 Å². The summed E-state index contributed by atoms with van der Waals surface area (Å²) in [5, 5.41) is 7.77. The Balaban J connectivity index is 0.00000242. The summed E-state index contributed by atoms with van der Waals surface area (Å²) in [7, 11) is 1.78. The zero-order chi connectivity index (χ0) is 15.1. The Morgan fingerprint density at radius 1 is 1.36 bits per heavy atom. The lowest BCUT2D eigenvalue weighted by molar-refractivity contribution is 0.791. The second kappa shape index (κ2) is 10.2. The van der Waals surface area contributed by atoms with Gasteiger partial charge in [0, 0.05) is 42.1 Å². The number of nitrogens with zero attached hydrogens (tertiary/aromatic N) is 2. The number of aliphatic imine (C=N–C) groups is 1. The highest BCUT2D eigenvalue weighted by atomic mass is 127. The number of guanidine groups is 1. The SMILES string of the molecule is CN=C(NCCc1ncc(C)s1)NCc1cccc(Br)c1.I. The predicted molar refractivity (Wildman–Crippen MR) is 108 cm³/mol. The van der Waals surface area contributed by atoms with Gasteiger partial charge in [0.2, 0.25) is 0 Å². The number of hydrogen-bond acceptors (Lipinski definition) is 3. The van der Waals surface area contributed by atoms with E-state index in [4.69, 9.17) is 0 Å². The Kier molecular flexibility index (Phi) is 8.96. The molecule has 2 N–H and O–H groups in total. The van der Waals surface area contributed by atoms with Crippen molar-refractivity contribution < 1.29 is 0 Å². The van der Waals surface area contributed by atoms with Crippen LogP contribution in [0.1, 0.15) is 15.4 Å². The third-order valence-electron chi connectivity index (χ3n) is 2.87.